The number of nitrogens with one attached hydrogen (secondary N) is 1. The van der Waals surface area contributed by atoms with E-state index in [1.807, 2.05) is 26.8 Å². The molecule has 0 saturated carbocycles. The Kier molecular flexibility index (Phi) is 5.65. The molecule has 0 fully saturated rings. The molecule has 5 heteroatoms. The molecule has 1 aromatic rings. The van der Waals surface area contributed by atoms with E-state index >= 15 is 0 Å². The van der Waals surface area contributed by atoms with Gasteiger partial charge in [0.15, 0.2) is 0 Å². The molecule has 2 unspecified atom stereocenters. The topological polar surface area (TPSA) is 64.4 Å². The van der Waals surface area contributed by atoms with Gasteiger partial charge in [-0.05, 0) is 39.7 Å². The van der Waals surface area contributed by atoms with Crippen LogP contribution in [0.25, 0.3) is 0 Å². The molecule has 0 saturated heterocycles. The van der Waals surface area contributed by atoms with Gasteiger partial charge >= 0.3 is 0 Å². The molecule has 0 spiro atoms. The minimum absolute atomic E-state index is 0.0533. The summed E-state index contributed by atoms with van der Waals surface area (Å²) in [5, 5.41) is 14.2. The SMILES string of the molecule is COC(C)(C)CC(C)NC(C)c1cccc([N+](=O)[O-])c1. The normalized spacial score (nSPS) is 14.8. The van der Waals surface area contributed by atoms with Gasteiger partial charge in [-0.25, -0.2) is 0 Å². The first-order valence-electron chi connectivity index (χ1n) is 6.81. The van der Waals surface area contributed by atoms with Crippen LogP contribution in [0.2, 0.25) is 0 Å². The number of non-ortho nitro benzene ring substituents is 1. The van der Waals surface area contributed by atoms with Gasteiger partial charge in [-0.1, -0.05) is 12.1 Å². The van der Waals surface area contributed by atoms with E-state index in [2.05, 4.69) is 12.2 Å². The third-order valence-electron chi connectivity index (χ3n) is 3.47. The van der Waals surface area contributed by atoms with Crippen LogP contribution in [0.15, 0.2) is 24.3 Å². The number of nitro groups is 1. The largest absolute Gasteiger partial charge is 0.379 e. The van der Waals surface area contributed by atoms with Crippen LogP contribution in [0.4, 0.5) is 5.69 Å². The highest BCUT2D eigenvalue weighted by Crippen LogP contribution is 2.21. The van der Waals surface area contributed by atoms with E-state index in [0.29, 0.717) is 0 Å². The van der Waals surface area contributed by atoms with Gasteiger partial charge in [0.25, 0.3) is 5.69 Å². The Bertz CT molecular complexity index is 460. The molecule has 0 radical (unpaired) electrons. The van der Waals surface area contributed by atoms with Crippen molar-refractivity contribution in [1.29, 1.82) is 0 Å². The summed E-state index contributed by atoms with van der Waals surface area (Å²) in [6.45, 7) is 8.19. The number of nitrogens with zero attached hydrogens (tertiary/aromatic N) is 1. The quantitative estimate of drug-likeness (QED) is 0.613. The average molecular weight is 280 g/mol. The van der Waals surface area contributed by atoms with Gasteiger partial charge in [-0.3, -0.25) is 10.1 Å². The van der Waals surface area contributed by atoms with Crippen LogP contribution in [0, 0.1) is 10.1 Å². The lowest BCUT2D eigenvalue weighted by Crippen LogP contribution is -2.36. The second kappa shape index (κ2) is 6.81. The standard InChI is InChI=1S/C15H24N2O3/c1-11(10-15(3,4)20-5)16-12(2)13-7-6-8-14(9-13)17(18)19/h6-9,11-12,16H,10H2,1-5H3. The summed E-state index contributed by atoms with van der Waals surface area (Å²) in [4.78, 5) is 10.4. The predicted molar refractivity (Wildman–Crippen MR) is 79.8 cm³/mol. The van der Waals surface area contributed by atoms with Crippen LogP contribution in [0.3, 0.4) is 0 Å². The number of nitro benzene ring substituents is 1. The van der Waals surface area contributed by atoms with Gasteiger partial charge in [0, 0.05) is 31.3 Å². The first kappa shape index (κ1) is 16.6. The smallest absolute Gasteiger partial charge is 0.269 e. The van der Waals surface area contributed by atoms with E-state index < -0.39 is 0 Å². The molecule has 20 heavy (non-hydrogen) atoms. The number of ether oxygens (including phenoxy) is 1. The first-order chi connectivity index (χ1) is 9.25. The summed E-state index contributed by atoms with van der Waals surface area (Å²) >= 11 is 0. The highest BCUT2D eigenvalue weighted by Gasteiger charge is 2.21. The van der Waals surface area contributed by atoms with E-state index in [0.717, 1.165) is 12.0 Å². The van der Waals surface area contributed by atoms with Gasteiger partial charge in [0.2, 0.25) is 0 Å². The monoisotopic (exact) mass is 280 g/mol. The van der Waals surface area contributed by atoms with E-state index in [-0.39, 0.29) is 28.3 Å². The second-order valence-corrected chi connectivity index (χ2v) is 5.81. The zero-order chi connectivity index (χ0) is 15.3. The number of hydrogen-bond donors (Lipinski definition) is 1. The average Bonchev–Trinajstić information content (AvgIpc) is 2.38. The molecule has 1 aromatic carbocycles. The molecule has 0 aromatic heterocycles. The first-order valence-corrected chi connectivity index (χ1v) is 6.81. The van der Waals surface area contributed by atoms with Crippen molar-refractivity contribution < 1.29 is 9.66 Å². The van der Waals surface area contributed by atoms with E-state index in [1.165, 1.54) is 6.07 Å². The van der Waals surface area contributed by atoms with Crippen molar-refractivity contribution in [1.82, 2.24) is 5.32 Å². The van der Waals surface area contributed by atoms with Crippen LogP contribution in [-0.2, 0) is 4.74 Å². The van der Waals surface area contributed by atoms with Crippen LogP contribution >= 0.6 is 0 Å². The second-order valence-electron chi connectivity index (χ2n) is 5.81. The molecule has 0 aliphatic carbocycles. The van der Waals surface area contributed by atoms with Gasteiger partial charge in [0.1, 0.15) is 0 Å². The van der Waals surface area contributed by atoms with Crippen LogP contribution in [0.1, 0.15) is 45.7 Å². The number of hydrogen-bond acceptors (Lipinski definition) is 4. The van der Waals surface area contributed by atoms with Crippen LogP contribution in [-0.4, -0.2) is 23.7 Å². The van der Waals surface area contributed by atoms with Gasteiger partial charge in [-0.15, -0.1) is 0 Å². The molecule has 5 nitrogen and oxygen atoms in total. The molecule has 0 amide bonds. The van der Waals surface area contributed by atoms with Crippen molar-refractivity contribution in [2.24, 2.45) is 0 Å². The van der Waals surface area contributed by atoms with Gasteiger partial charge in [0.05, 0.1) is 10.5 Å². The summed E-state index contributed by atoms with van der Waals surface area (Å²) in [5.74, 6) is 0. The van der Waals surface area contributed by atoms with E-state index in [4.69, 9.17) is 4.74 Å². The van der Waals surface area contributed by atoms with Crippen molar-refractivity contribution in [3.63, 3.8) is 0 Å². The Labute approximate surface area is 120 Å². The molecule has 0 heterocycles. The van der Waals surface area contributed by atoms with Crippen molar-refractivity contribution in [3.8, 4) is 0 Å². The number of benzene rings is 1. The van der Waals surface area contributed by atoms with Crippen LogP contribution in [0.5, 0.6) is 0 Å². The minimum atomic E-state index is -0.367. The van der Waals surface area contributed by atoms with E-state index in [1.54, 1.807) is 19.2 Å². The summed E-state index contributed by atoms with van der Waals surface area (Å²) in [7, 11) is 1.71. The summed E-state index contributed by atoms with van der Waals surface area (Å²) in [5.41, 5.74) is 0.858. The number of rotatable bonds is 7. The summed E-state index contributed by atoms with van der Waals surface area (Å²) in [6, 6.07) is 7.05. The maximum atomic E-state index is 10.8. The maximum Gasteiger partial charge on any atom is 0.269 e. The summed E-state index contributed by atoms with van der Waals surface area (Å²) < 4.78 is 5.42. The van der Waals surface area contributed by atoms with Gasteiger partial charge < -0.3 is 10.1 Å². The fraction of sp³-hybridized carbons (Fsp3) is 0.600. The summed E-state index contributed by atoms with van der Waals surface area (Å²) in [6.07, 6.45) is 0.864. The lowest BCUT2D eigenvalue weighted by Gasteiger charge is -2.29. The van der Waals surface area contributed by atoms with Crippen molar-refractivity contribution in [2.75, 3.05) is 7.11 Å². The molecule has 2 atom stereocenters. The molecule has 0 bridgehead atoms. The molecule has 1 rings (SSSR count). The Morgan fingerprint density at radius 3 is 2.60 bits per heavy atom. The fourth-order valence-corrected chi connectivity index (χ4v) is 2.31. The Hall–Kier alpha value is -1.46. The Morgan fingerprint density at radius 2 is 2.05 bits per heavy atom. The lowest BCUT2D eigenvalue weighted by atomic mass is 9.98. The molecule has 0 aliphatic rings. The highest BCUT2D eigenvalue weighted by molar-refractivity contribution is 5.35. The van der Waals surface area contributed by atoms with Crippen LogP contribution < -0.4 is 5.32 Å². The maximum absolute atomic E-state index is 10.8. The third kappa shape index (κ3) is 4.90. The molecular formula is C15H24N2O3. The fourth-order valence-electron chi connectivity index (χ4n) is 2.31. The van der Waals surface area contributed by atoms with Crippen molar-refractivity contribution in [2.45, 2.75) is 51.8 Å². The zero-order valence-electron chi connectivity index (χ0n) is 12.8. The Balaban J connectivity index is 2.69. The molecule has 1 N–H and O–H groups in total. The van der Waals surface area contributed by atoms with Crippen molar-refractivity contribution in [3.05, 3.63) is 39.9 Å². The van der Waals surface area contributed by atoms with Gasteiger partial charge in [-0.2, -0.15) is 0 Å². The number of methoxy groups -OCH3 is 1. The third-order valence-corrected chi connectivity index (χ3v) is 3.47. The molecule has 0 aliphatic heterocycles. The predicted octanol–water partition coefficient (Wildman–Crippen LogP) is 3.45. The van der Waals surface area contributed by atoms with Crippen molar-refractivity contribution >= 4 is 5.69 Å². The zero-order valence-corrected chi connectivity index (χ0v) is 12.8. The lowest BCUT2D eigenvalue weighted by molar-refractivity contribution is -0.384. The molecule has 112 valence electrons. The minimum Gasteiger partial charge on any atom is -0.379 e. The Morgan fingerprint density at radius 1 is 1.40 bits per heavy atom. The van der Waals surface area contributed by atoms with E-state index in [9.17, 15) is 10.1 Å². The highest BCUT2D eigenvalue weighted by atomic mass is 16.6. The molecular weight excluding hydrogens is 256 g/mol.